The second kappa shape index (κ2) is 8.54. The summed E-state index contributed by atoms with van der Waals surface area (Å²) in [7, 11) is 0. The lowest BCUT2D eigenvalue weighted by Crippen LogP contribution is -2.55. The molecule has 4 aliphatic rings. The fraction of sp³-hybridized carbons (Fsp3) is 0.750. The Morgan fingerprint density at radius 3 is 2.33 bits per heavy atom. The molecule has 0 unspecified atom stereocenters. The average Bonchev–Trinajstić information content (AvgIpc) is 3.15. The molecule has 0 aliphatic heterocycles. The van der Waals surface area contributed by atoms with E-state index in [1.54, 1.807) is 0 Å². The van der Waals surface area contributed by atoms with Crippen LogP contribution in [0.2, 0.25) is 0 Å². The third-order valence-electron chi connectivity index (χ3n) is 11.9. The maximum atomic E-state index is 10.8. The molecule has 10 atom stereocenters. The molecule has 1 heteroatoms. The van der Waals surface area contributed by atoms with Gasteiger partial charge in [-0.15, -0.1) is 0 Å². The molecule has 4 saturated carbocycles. The van der Waals surface area contributed by atoms with Crippen LogP contribution in [0.5, 0.6) is 0 Å². The highest BCUT2D eigenvalue weighted by Gasteiger charge is 2.61. The molecule has 4 aliphatic carbocycles. The topological polar surface area (TPSA) is 20.2 Å². The van der Waals surface area contributed by atoms with Crippen LogP contribution in [-0.4, -0.2) is 10.7 Å². The Morgan fingerprint density at radius 1 is 0.848 bits per heavy atom. The summed E-state index contributed by atoms with van der Waals surface area (Å²) in [4.78, 5) is 0. The van der Waals surface area contributed by atoms with E-state index in [0.717, 1.165) is 48.3 Å². The summed E-state index contributed by atoms with van der Waals surface area (Å²) < 4.78 is 0. The molecule has 0 bridgehead atoms. The molecule has 5 rings (SSSR count). The van der Waals surface area contributed by atoms with E-state index in [-0.39, 0.29) is 0 Å². The molecule has 33 heavy (non-hydrogen) atoms. The van der Waals surface area contributed by atoms with Gasteiger partial charge >= 0.3 is 0 Å². The van der Waals surface area contributed by atoms with Crippen molar-refractivity contribution in [1.29, 1.82) is 0 Å². The van der Waals surface area contributed by atoms with Crippen molar-refractivity contribution in [3.05, 3.63) is 42.0 Å². The van der Waals surface area contributed by atoms with Crippen molar-refractivity contribution in [1.82, 2.24) is 0 Å². The highest BCUT2D eigenvalue weighted by Crippen LogP contribution is 2.69. The van der Waals surface area contributed by atoms with Crippen LogP contribution >= 0.6 is 0 Å². The molecule has 182 valence electrons. The lowest BCUT2D eigenvalue weighted by Gasteiger charge is -2.62. The standard InChI is InChI=1S/C32H48O/c1-22(11-12-24-9-7-6-8-10-24)23(2)27-15-16-28-26-14-13-25-21-30(3,33)19-20-31(25,4)29(26)17-18-32(27,28)5/h6-12,22-23,25-29,33H,13-21H2,1-5H3/b12-11+/t22-,23+,25-,26-,27+,28-,29-,30-,31-,32+/m0/s1. The van der Waals surface area contributed by atoms with E-state index in [1.165, 1.54) is 50.5 Å². The van der Waals surface area contributed by atoms with Crippen LogP contribution in [-0.2, 0) is 0 Å². The number of fused-ring (bicyclic) bond motifs is 5. The summed E-state index contributed by atoms with van der Waals surface area (Å²) >= 11 is 0. The molecule has 0 amide bonds. The molecule has 0 heterocycles. The molecule has 1 nitrogen and oxygen atoms in total. The van der Waals surface area contributed by atoms with Gasteiger partial charge in [0, 0.05) is 0 Å². The Morgan fingerprint density at radius 2 is 1.58 bits per heavy atom. The summed E-state index contributed by atoms with van der Waals surface area (Å²) in [5, 5.41) is 10.8. The van der Waals surface area contributed by atoms with Gasteiger partial charge in [0.2, 0.25) is 0 Å². The van der Waals surface area contributed by atoms with Crippen LogP contribution in [0, 0.1) is 52.3 Å². The van der Waals surface area contributed by atoms with E-state index in [9.17, 15) is 5.11 Å². The Hall–Kier alpha value is -1.08. The van der Waals surface area contributed by atoms with Gasteiger partial charge in [-0.2, -0.15) is 0 Å². The largest absolute Gasteiger partial charge is 0.390 e. The molecule has 0 aromatic heterocycles. The van der Waals surface area contributed by atoms with Crippen molar-refractivity contribution in [2.24, 2.45) is 52.3 Å². The first-order valence-corrected chi connectivity index (χ1v) is 14.1. The van der Waals surface area contributed by atoms with Crippen molar-refractivity contribution in [3.8, 4) is 0 Å². The molecule has 4 fully saturated rings. The van der Waals surface area contributed by atoms with Gasteiger partial charge in [-0.3, -0.25) is 0 Å². The van der Waals surface area contributed by atoms with Gasteiger partial charge in [0.1, 0.15) is 0 Å². The van der Waals surface area contributed by atoms with E-state index in [4.69, 9.17) is 0 Å². The smallest absolute Gasteiger partial charge is 0.0622 e. The summed E-state index contributed by atoms with van der Waals surface area (Å²) in [6.45, 7) is 12.4. The molecule has 1 N–H and O–H groups in total. The molecule has 0 saturated heterocycles. The third-order valence-corrected chi connectivity index (χ3v) is 11.9. The van der Waals surface area contributed by atoms with Gasteiger partial charge in [-0.1, -0.05) is 70.2 Å². The van der Waals surface area contributed by atoms with Crippen molar-refractivity contribution in [3.63, 3.8) is 0 Å². The third kappa shape index (κ3) is 4.05. The second-order valence-electron chi connectivity index (χ2n) is 13.6. The van der Waals surface area contributed by atoms with Gasteiger partial charge in [0.25, 0.3) is 0 Å². The van der Waals surface area contributed by atoms with E-state index >= 15 is 0 Å². The molecule has 1 aromatic rings. The zero-order valence-electron chi connectivity index (χ0n) is 21.9. The predicted octanol–water partition coefficient (Wildman–Crippen LogP) is 8.38. The van der Waals surface area contributed by atoms with E-state index in [0.29, 0.717) is 16.7 Å². The highest BCUT2D eigenvalue weighted by atomic mass is 16.3. The zero-order valence-corrected chi connectivity index (χ0v) is 21.9. The zero-order chi connectivity index (χ0) is 23.4. The Kier molecular flexibility index (Phi) is 6.12. The molecular formula is C32H48O. The van der Waals surface area contributed by atoms with Crippen molar-refractivity contribution >= 4 is 6.08 Å². The fourth-order valence-electron chi connectivity index (χ4n) is 9.70. The number of hydrogen-bond acceptors (Lipinski definition) is 1. The second-order valence-corrected chi connectivity index (χ2v) is 13.6. The first kappa shape index (κ1) is 23.7. The predicted molar refractivity (Wildman–Crippen MR) is 140 cm³/mol. The van der Waals surface area contributed by atoms with Gasteiger partial charge in [0.05, 0.1) is 5.60 Å². The Bertz CT molecular complexity index is 855. The Labute approximate surface area is 203 Å². The van der Waals surface area contributed by atoms with Crippen LogP contribution in [0.25, 0.3) is 6.08 Å². The molecular weight excluding hydrogens is 400 g/mol. The quantitative estimate of drug-likeness (QED) is 0.490. The van der Waals surface area contributed by atoms with Gasteiger partial charge in [-0.05, 0) is 123 Å². The SMILES string of the molecule is C[C@@H]([C@H]1CC[C@H]2[C@@H]3CC[C@H]4C[C@@](C)(O)CC[C@]4(C)[C@H]3CC[C@]12C)[C@@H](C)/C=C/c1ccccc1. The Balaban J connectivity index is 1.31. The number of rotatable bonds is 4. The molecule has 0 radical (unpaired) electrons. The number of aliphatic hydroxyl groups is 1. The minimum absolute atomic E-state index is 0.419. The van der Waals surface area contributed by atoms with E-state index < -0.39 is 5.60 Å². The minimum atomic E-state index is -0.419. The minimum Gasteiger partial charge on any atom is -0.390 e. The normalized spacial score (nSPS) is 46.9. The van der Waals surface area contributed by atoms with Crippen LogP contribution in [0.15, 0.2) is 36.4 Å². The van der Waals surface area contributed by atoms with E-state index in [2.05, 4.69) is 77.1 Å². The maximum absolute atomic E-state index is 10.8. The van der Waals surface area contributed by atoms with Crippen molar-refractivity contribution in [2.45, 2.75) is 98.0 Å². The van der Waals surface area contributed by atoms with E-state index in [1.807, 2.05) is 0 Å². The van der Waals surface area contributed by atoms with Crippen LogP contribution < -0.4 is 0 Å². The van der Waals surface area contributed by atoms with Crippen LogP contribution in [0.4, 0.5) is 0 Å². The average molecular weight is 449 g/mol. The number of benzene rings is 1. The van der Waals surface area contributed by atoms with Crippen molar-refractivity contribution in [2.75, 3.05) is 0 Å². The van der Waals surface area contributed by atoms with Gasteiger partial charge < -0.3 is 5.11 Å². The van der Waals surface area contributed by atoms with Crippen LogP contribution in [0.3, 0.4) is 0 Å². The summed E-state index contributed by atoms with van der Waals surface area (Å²) in [6, 6.07) is 10.8. The monoisotopic (exact) mass is 448 g/mol. The summed E-state index contributed by atoms with van der Waals surface area (Å²) in [5.41, 5.74) is 1.90. The number of hydrogen-bond donors (Lipinski definition) is 1. The fourth-order valence-corrected chi connectivity index (χ4v) is 9.70. The first-order valence-electron chi connectivity index (χ1n) is 14.1. The molecule has 0 spiro atoms. The summed E-state index contributed by atoms with van der Waals surface area (Å²) in [5.74, 6) is 5.72. The van der Waals surface area contributed by atoms with Gasteiger partial charge in [-0.25, -0.2) is 0 Å². The highest BCUT2D eigenvalue weighted by molar-refractivity contribution is 5.49. The van der Waals surface area contributed by atoms with Crippen LogP contribution in [0.1, 0.15) is 98.0 Å². The first-order chi connectivity index (χ1) is 15.6. The summed E-state index contributed by atoms with van der Waals surface area (Å²) in [6.07, 6.45) is 16.7. The lowest BCUT2D eigenvalue weighted by molar-refractivity contribution is -0.148. The lowest BCUT2D eigenvalue weighted by atomic mass is 9.43. The van der Waals surface area contributed by atoms with Crippen molar-refractivity contribution < 1.29 is 5.11 Å². The molecule has 1 aromatic carbocycles. The number of allylic oxidation sites excluding steroid dienone is 1. The maximum Gasteiger partial charge on any atom is 0.0622 e. The van der Waals surface area contributed by atoms with Gasteiger partial charge in [0.15, 0.2) is 0 Å².